The SMILES string of the molecule is COCc1cccc(C(=O)O[C@@H](C)C(=O)Nc2ccccc2OC)c1. The topological polar surface area (TPSA) is 73.9 Å². The zero-order chi connectivity index (χ0) is 18.2. The average Bonchev–Trinajstić information content (AvgIpc) is 2.62. The van der Waals surface area contributed by atoms with E-state index in [2.05, 4.69) is 5.32 Å². The Morgan fingerprint density at radius 3 is 2.56 bits per heavy atom. The van der Waals surface area contributed by atoms with E-state index >= 15 is 0 Å². The van der Waals surface area contributed by atoms with E-state index in [1.165, 1.54) is 14.0 Å². The minimum absolute atomic E-state index is 0.367. The quantitative estimate of drug-likeness (QED) is 0.782. The molecule has 2 aromatic rings. The highest BCUT2D eigenvalue weighted by molar-refractivity contribution is 5.98. The van der Waals surface area contributed by atoms with Gasteiger partial charge in [0.2, 0.25) is 0 Å². The number of para-hydroxylation sites is 2. The summed E-state index contributed by atoms with van der Waals surface area (Å²) in [5, 5.41) is 2.69. The van der Waals surface area contributed by atoms with Crippen LogP contribution >= 0.6 is 0 Å². The van der Waals surface area contributed by atoms with Crippen LogP contribution in [0.1, 0.15) is 22.8 Å². The number of hydrogen-bond donors (Lipinski definition) is 1. The van der Waals surface area contributed by atoms with E-state index in [0.29, 0.717) is 23.6 Å². The number of ether oxygens (including phenoxy) is 3. The summed E-state index contributed by atoms with van der Waals surface area (Å²) in [6.45, 7) is 1.91. The minimum atomic E-state index is -0.955. The van der Waals surface area contributed by atoms with E-state index in [1.807, 2.05) is 6.07 Å². The van der Waals surface area contributed by atoms with Crippen molar-refractivity contribution in [2.45, 2.75) is 19.6 Å². The van der Waals surface area contributed by atoms with Gasteiger partial charge in [-0.15, -0.1) is 0 Å². The molecule has 2 aromatic carbocycles. The fraction of sp³-hybridized carbons (Fsp3) is 0.263. The van der Waals surface area contributed by atoms with Crippen molar-refractivity contribution in [3.8, 4) is 5.75 Å². The molecular weight excluding hydrogens is 322 g/mol. The number of carbonyl (C=O) groups is 2. The van der Waals surface area contributed by atoms with Gasteiger partial charge in [-0.2, -0.15) is 0 Å². The molecule has 2 rings (SSSR count). The molecule has 0 saturated carbocycles. The van der Waals surface area contributed by atoms with Crippen molar-refractivity contribution in [1.29, 1.82) is 0 Å². The normalized spacial score (nSPS) is 11.5. The van der Waals surface area contributed by atoms with Crippen molar-refractivity contribution in [2.24, 2.45) is 0 Å². The van der Waals surface area contributed by atoms with Crippen LogP contribution in [0, 0.1) is 0 Å². The molecular formula is C19H21NO5. The second-order valence-electron chi connectivity index (χ2n) is 5.37. The fourth-order valence-electron chi connectivity index (χ4n) is 2.22. The molecule has 1 atom stereocenters. The van der Waals surface area contributed by atoms with Crippen LogP contribution in [-0.4, -0.2) is 32.2 Å². The molecule has 1 amide bonds. The summed E-state index contributed by atoms with van der Waals surface area (Å²) in [5.74, 6) is -0.479. The molecule has 0 fully saturated rings. The molecule has 0 aromatic heterocycles. The number of benzene rings is 2. The van der Waals surface area contributed by atoms with Crippen LogP contribution in [0.15, 0.2) is 48.5 Å². The first-order valence-electron chi connectivity index (χ1n) is 7.78. The molecule has 6 nitrogen and oxygen atoms in total. The Morgan fingerprint density at radius 1 is 1.08 bits per heavy atom. The number of methoxy groups -OCH3 is 2. The Balaban J connectivity index is 2.00. The van der Waals surface area contributed by atoms with Crippen LogP contribution in [-0.2, 0) is 20.9 Å². The van der Waals surface area contributed by atoms with E-state index in [0.717, 1.165) is 5.56 Å². The number of nitrogens with one attached hydrogen (secondary N) is 1. The van der Waals surface area contributed by atoms with E-state index < -0.39 is 18.0 Å². The van der Waals surface area contributed by atoms with Gasteiger partial charge in [0, 0.05) is 7.11 Å². The summed E-state index contributed by atoms with van der Waals surface area (Å²) in [6, 6.07) is 13.9. The monoisotopic (exact) mass is 343 g/mol. The molecule has 0 aliphatic carbocycles. The molecule has 0 aliphatic rings. The number of amides is 1. The summed E-state index contributed by atoms with van der Waals surface area (Å²) >= 11 is 0. The molecule has 0 spiro atoms. The van der Waals surface area contributed by atoms with Gasteiger partial charge in [-0.3, -0.25) is 4.79 Å². The highest BCUT2D eigenvalue weighted by atomic mass is 16.5. The third kappa shape index (κ3) is 5.06. The van der Waals surface area contributed by atoms with Gasteiger partial charge in [0.05, 0.1) is 25.0 Å². The predicted molar refractivity (Wildman–Crippen MR) is 93.7 cm³/mol. The lowest BCUT2D eigenvalue weighted by atomic mass is 10.1. The van der Waals surface area contributed by atoms with Gasteiger partial charge >= 0.3 is 5.97 Å². The van der Waals surface area contributed by atoms with Gasteiger partial charge in [-0.05, 0) is 36.8 Å². The van der Waals surface area contributed by atoms with Crippen LogP contribution in [0.5, 0.6) is 5.75 Å². The Morgan fingerprint density at radius 2 is 1.84 bits per heavy atom. The second kappa shape index (κ2) is 8.84. The molecule has 0 radical (unpaired) electrons. The lowest BCUT2D eigenvalue weighted by Gasteiger charge is -2.15. The van der Waals surface area contributed by atoms with Gasteiger partial charge in [0.15, 0.2) is 6.10 Å². The van der Waals surface area contributed by atoms with Crippen LogP contribution in [0.4, 0.5) is 5.69 Å². The lowest BCUT2D eigenvalue weighted by molar-refractivity contribution is -0.123. The molecule has 6 heteroatoms. The van der Waals surface area contributed by atoms with Crippen LogP contribution in [0.2, 0.25) is 0 Å². The van der Waals surface area contributed by atoms with Crippen LogP contribution < -0.4 is 10.1 Å². The molecule has 132 valence electrons. The van der Waals surface area contributed by atoms with Crippen molar-refractivity contribution in [3.05, 3.63) is 59.7 Å². The minimum Gasteiger partial charge on any atom is -0.495 e. The second-order valence-corrected chi connectivity index (χ2v) is 5.37. The summed E-state index contributed by atoms with van der Waals surface area (Å²) in [6.07, 6.45) is -0.955. The van der Waals surface area contributed by atoms with Crippen molar-refractivity contribution in [3.63, 3.8) is 0 Å². The van der Waals surface area contributed by atoms with E-state index in [4.69, 9.17) is 14.2 Å². The highest BCUT2D eigenvalue weighted by Crippen LogP contribution is 2.23. The van der Waals surface area contributed by atoms with Gasteiger partial charge in [-0.1, -0.05) is 24.3 Å². The van der Waals surface area contributed by atoms with Crippen molar-refractivity contribution in [1.82, 2.24) is 0 Å². The third-order valence-corrected chi connectivity index (χ3v) is 3.49. The molecule has 0 heterocycles. The van der Waals surface area contributed by atoms with Crippen molar-refractivity contribution < 1.29 is 23.8 Å². The maximum absolute atomic E-state index is 12.3. The summed E-state index contributed by atoms with van der Waals surface area (Å²) in [4.78, 5) is 24.5. The first-order valence-corrected chi connectivity index (χ1v) is 7.78. The first kappa shape index (κ1) is 18.5. The Labute approximate surface area is 146 Å². The summed E-state index contributed by atoms with van der Waals surface area (Å²) in [7, 11) is 3.09. The summed E-state index contributed by atoms with van der Waals surface area (Å²) < 4.78 is 15.5. The Kier molecular flexibility index (Phi) is 6.54. The van der Waals surface area contributed by atoms with Gasteiger partial charge in [0.25, 0.3) is 5.91 Å². The zero-order valence-electron chi connectivity index (χ0n) is 14.4. The van der Waals surface area contributed by atoms with Gasteiger partial charge in [0.1, 0.15) is 5.75 Å². The number of esters is 1. The molecule has 0 bridgehead atoms. The molecule has 25 heavy (non-hydrogen) atoms. The molecule has 0 aliphatic heterocycles. The maximum atomic E-state index is 12.3. The lowest BCUT2D eigenvalue weighted by Crippen LogP contribution is -2.30. The van der Waals surface area contributed by atoms with Gasteiger partial charge in [-0.25, -0.2) is 4.79 Å². The van der Waals surface area contributed by atoms with E-state index in [9.17, 15) is 9.59 Å². The van der Waals surface area contributed by atoms with E-state index in [1.54, 1.807) is 49.6 Å². The number of rotatable bonds is 7. The molecule has 0 saturated heterocycles. The van der Waals surface area contributed by atoms with Crippen LogP contribution in [0.3, 0.4) is 0 Å². The van der Waals surface area contributed by atoms with E-state index in [-0.39, 0.29) is 0 Å². The van der Waals surface area contributed by atoms with Crippen molar-refractivity contribution >= 4 is 17.6 Å². The smallest absolute Gasteiger partial charge is 0.338 e. The van der Waals surface area contributed by atoms with Gasteiger partial charge < -0.3 is 19.5 Å². The van der Waals surface area contributed by atoms with Crippen LogP contribution in [0.25, 0.3) is 0 Å². The largest absolute Gasteiger partial charge is 0.495 e. The Bertz CT molecular complexity index is 744. The number of carbonyl (C=O) groups excluding carboxylic acids is 2. The fourth-order valence-corrected chi connectivity index (χ4v) is 2.22. The molecule has 0 unspecified atom stereocenters. The number of hydrogen-bond acceptors (Lipinski definition) is 5. The molecule has 1 N–H and O–H groups in total. The third-order valence-electron chi connectivity index (χ3n) is 3.49. The highest BCUT2D eigenvalue weighted by Gasteiger charge is 2.20. The maximum Gasteiger partial charge on any atom is 0.338 e. The Hall–Kier alpha value is -2.86. The number of anilines is 1. The predicted octanol–water partition coefficient (Wildman–Crippen LogP) is 3.03. The average molecular weight is 343 g/mol. The first-order chi connectivity index (χ1) is 12.0. The van der Waals surface area contributed by atoms with Crippen molar-refractivity contribution in [2.75, 3.05) is 19.5 Å². The summed E-state index contributed by atoms with van der Waals surface area (Å²) in [5.41, 5.74) is 1.73. The standard InChI is InChI=1S/C19H21NO5/c1-13(18(21)20-16-9-4-5-10-17(16)24-3)25-19(22)15-8-6-7-14(11-15)12-23-2/h4-11,13H,12H2,1-3H3,(H,20,21)/t13-/m0/s1. The zero-order valence-corrected chi connectivity index (χ0v) is 14.4.